The van der Waals surface area contributed by atoms with E-state index in [0.717, 1.165) is 54.8 Å². The number of likely N-dealkylation sites (N-methyl/N-ethyl adjacent to an activating group) is 1. The van der Waals surface area contributed by atoms with Crippen molar-refractivity contribution in [2.24, 2.45) is 5.92 Å². The third-order valence-electron chi connectivity index (χ3n) is 8.88. The number of halogens is 3. The first-order chi connectivity index (χ1) is 24.3. The summed E-state index contributed by atoms with van der Waals surface area (Å²) in [5, 5.41) is 15.4. The fraction of sp³-hybridized carbons (Fsp3) is 0.474. The fourth-order valence-corrected chi connectivity index (χ4v) is 5.91. The summed E-state index contributed by atoms with van der Waals surface area (Å²) in [4.78, 5) is 31.0. The number of aliphatic hydroxyl groups is 1. The van der Waals surface area contributed by atoms with Crippen molar-refractivity contribution in [2.45, 2.75) is 71.0 Å². The summed E-state index contributed by atoms with van der Waals surface area (Å²) in [5.41, 5.74) is 0.931. The number of hydrogen-bond acceptors (Lipinski definition) is 7. The number of benzene rings is 3. The molecule has 1 aliphatic rings. The first-order valence-corrected chi connectivity index (χ1v) is 17.2. The summed E-state index contributed by atoms with van der Waals surface area (Å²) in [6.45, 7) is 7.59. The van der Waals surface area contributed by atoms with E-state index in [1.165, 1.54) is 6.07 Å². The highest BCUT2D eigenvalue weighted by atomic mass is 19.4. The highest BCUT2D eigenvalue weighted by molar-refractivity contribution is 6.02. The largest absolute Gasteiger partial charge is 0.497 e. The highest BCUT2D eigenvalue weighted by Crippen LogP contribution is 2.31. The molecule has 0 aromatic heterocycles. The molecule has 0 fully saturated rings. The zero-order chi connectivity index (χ0) is 37.1. The van der Waals surface area contributed by atoms with E-state index in [9.17, 15) is 27.9 Å². The maximum atomic E-state index is 14.4. The molecule has 4 rings (SSSR count). The van der Waals surface area contributed by atoms with Crippen LogP contribution in [0, 0.1) is 5.92 Å². The second-order valence-corrected chi connectivity index (χ2v) is 13.2. The summed E-state index contributed by atoms with van der Waals surface area (Å²) in [7, 11) is 3.66. The maximum Gasteiger partial charge on any atom is 0.416 e. The van der Waals surface area contributed by atoms with Gasteiger partial charge in [-0.2, -0.15) is 13.2 Å². The number of carbonyl (C=O) groups is 2. The lowest BCUT2D eigenvalue weighted by Gasteiger charge is -2.36. The number of hydrogen-bond donors (Lipinski definition) is 3. The zero-order valence-corrected chi connectivity index (χ0v) is 29.8. The molecule has 0 bridgehead atoms. The number of fused-ring (bicyclic) bond motifs is 1. The van der Waals surface area contributed by atoms with Crippen molar-refractivity contribution in [2.75, 3.05) is 51.1 Å². The Morgan fingerprint density at radius 3 is 2.35 bits per heavy atom. The Labute approximate surface area is 297 Å². The summed E-state index contributed by atoms with van der Waals surface area (Å²) < 4.78 is 56.9. The summed E-state index contributed by atoms with van der Waals surface area (Å²) in [6.07, 6.45) is -2.53. The van der Waals surface area contributed by atoms with Gasteiger partial charge in [-0.3, -0.25) is 9.69 Å². The number of carbonyl (C=O) groups excluding carboxylic acids is 2. The molecule has 3 aromatic carbocycles. The molecule has 3 aromatic rings. The smallest absolute Gasteiger partial charge is 0.416 e. The monoisotopic (exact) mass is 714 g/mol. The molecule has 51 heavy (non-hydrogen) atoms. The molecule has 0 spiro atoms. The van der Waals surface area contributed by atoms with Gasteiger partial charge in [0.2, 0.25) is 0 Å². The predicted molar refractivity (Wildman–Crippen MR) is 190 cm³/mol. The average Bonchev–Trinajstić information content (AvgIpc) is 3.09. The number of nitrogens with one attached hydrogen (secondary N) is 2. The number of anilines is 2. The fourth-order valence-electron chi connectivity index (χ4n) is 5.91. The van der Waals surface area contributed by atoms with Gasteiger partial charge in [-0.15, -0.1) is 0 Å². The van der Waals surface area contributed by atoms with E-state index in [4.69, 9.17) is 14.2 Å². The maximum absolute atomic E-state index is 14.4. The van der Waals surface area contributed by atoms with Gasteiger partial charge in [0, 0.05) is 43.5 Å². The van der Waals surface area contributed by atoms with Crippen molar-refractivity contribution in [3.63, 3.8) is 0 Å². The van der Waals surface area contributed by atoms with E-state index in [0.29, 0.717) is 25.4 Å². The lowest BCUT2D eigenvalue weighted by Crippen LogP contribution is -2.47. The van der Waals surface area contributed by atoms with Gasteiger partial charge in [0.25, 0.3) is 5.91 Å². The normalized spacial score (nSPS) is 19.8. The molecule has 0 radical (unpaired) electrons. The highest BCUT2D eigenvalue weighted by Gasteiger charge is 2.31. The van der Waals surface area contributed by atoms with Crippen LogP contribution >= 0.6 is 0 Å². The van der Waals surface area contributed by atoms with Crippen LogP contribution in [0.25, 0.3) is 0 Å². The zero-order valence-electron chi connectivity index (χ0n) is 29.8. The first-order valence-electron chi connectivity index (χ1n) is 17.2. The van der Waals surface area contributed by atoms with Gasteiger partial charge in [-0.25, -0.2) is 4.79 Å². The topological polar surface area (TPSA) is 113 Å². The molecule has 10 nitrogen and oxygen atoms in total. The number of ether oxygens (including phenoxy) is 3. The van der Waals surface area contributed by atoms with Gasteiger partial charge in [-0.1, -0.05) is 19.1 Å². The van der Waals surface area contributed by atoms with Crippen molar-refractivity contribution >= 4 is 23.3 Å². The van der Waals surface area contributed by atoms with Gasteiger partial charge in [0.05, 0.1) is 43.1 Å². The average molecular weight is 715 g/mol. The van der Waals surface area contributed by atoms with Crippen LogP contribution in [0.3, 0.4) is 0 Å². The third kappa shape index (κ3) is 11.6. The third-order valence-corrected chi connectivity index (χ3v) is 8.88. The van der Waals surface area contributed by atoms with Gasteiger partial charge in [-0.05, 0) is 100 Å². The van der Waals surface area contributed by atoms with Crippen molar-refractivity contribution in [1.82, 2.24) is 9.80 Å². The van der Waals surface area contributed by atoms with Crippen LogP contribution in [0.15, 0.2) is 66.7 Å². The summed E-state index contributed by atoms with van der Waals surface area (Å²) in [5.74, 6) is 0.619. The van der Waals surface area contributed by atoms with E-state index in [-0.39, 0.29) is 54.1 Å². The molecule has 1 heterocycles. The number of alkyl halides is 3. The van der Waals surface area contributed by atoms with Crippen LogP contribution in [0.5, 0.6) is 11.5 Å². The van der Waals surface area contributed by atoms with Crippen LogP contribution in [0.4, 0.5) is 29.3 Å². The molecule has 4 atom stereocenters. The molecular formula is C38H49F3N4O6. The molecule has 0 aliphatic carbocycles. The molecule has 3 amide bonds. The molecule has 3 N–H and O–H groups in total. The number of amides is 3. The van der Waals surface area contributed by atoms with Crippen molar-refractivity contribution in [1.29, 1.82) is 0 Å². The lowest BCUT2D eigenvalue weighted by atomic mass is 10.0. The first kappa shape index (κ1) is 39.5. The Bertz CT molecular complexity index is 1570. The van der Waals surface area contributed by atoms with Crippen molar-refractivity contribution in [3.8, 4) is 11.5 Å². The van der Waals surface area contributed by atoms with E-state index < -0.39 is 23.8 Å². The van der Waals surface area contributed by atoms with Crippen LogP contribution < -0.4 is 20.1 Å². The Morgan fingerprint density at radius 2 is 1.71 bits per heavy atom. The molecule has 13 heteroatoms. The van der Waals surface area contributed by atoms with E-state index in [1.54, 1.807) is 31.1 Å². The van der Waals surface area contributed by atoms with Crippen LogP contribution in [-0.2, 0) is 17.5 Å². The van der Waals surface area contributed by atoms with Crippen LogP contribution in [0.2, 0.25) is 0 Å². The van der Waals surface area contributed by atoms with Crippen LogP contribution in [0.1, 0.15) is 61.5 Å². The van der Waals surface area contributed by atoms with Gasteiger partial charge in [0.1, 0.15) is 11.5 Å². The van der Waals surface area contributed by atoms with Crippen LogP contribution in [-0.4, -0.2) is 85.6 Å². The minimum Gasteiger partial charge on any atom is -0.497 e. The van der Waals surface area contributed by atoms with E-state index in [1.807, 2.05) is 45.2 Å². The second-order valence-electron chi connectivity index (χ2n) is 13.2. The Balaban J connectivity index is 1.56. The number of rotatable bonds is 9. The number of nitrogens with zero attached hydrogens (tertiary/aromatic N) is 2. The number of urea groups is 1. The number of methoxy groups -OCH3 is 1. The van der Waals surface area contributed by atoms with Gasteiger partial charge < -0.3 is 34.9 Å². The Hall–Kier alpha value is -4.33. The quantitative estimate of drug-likeness (QED) is 0.214. The summed E-state index contributed by atoms with van der Waals surface area (Å²) in [6, 6.07) is 15.5. The summed E-state index contributed by atoms with van der Waals surface area (Å²) >= 11 is 0. The molecule has 278 valence electrons. The van der Waals surface area contributed by atoms with Gasteiger partial charge in [0.15, 0.2) is 0 Å². The molecule has 0 saturated heterocycles. The Kier molecular flexibility index (Phi) is 14.1. The lowest BCUT2D eigenvalue weighted by molar-refractivity contribution is -0.137. The van der Waals surface area contributed by atoms with Crippen molar-refractivity contribution < 1.29 is 42.1 Å². The number of aliphatic hydroxyl groups excluding tert-OH is 1. The molecule has 0 saturated carbocycles. The second kappa shape index (κ2) is 18.2. The standard InChI is InChI=1S/C38H49F3N4O6/c1-25-21-45(26(2)24-46)36(47)33-20-31(43-37(48)42-30-13-11-29(12-14-30)38(39,40)41)15-18-34(33)51-27(3)8-6-7-19-50-35(25)23-44(4)22-28-9-16-32(49-5)17-10-28/h9-18,20,25-27,35,46H,6-8,19,21-24H2,1-5H3,(H2,42,43,48)/t25-,26-,27-,35+/m1/s1. The van der Waals surface area contributed by atoms with Crippen molar-refractivity contribution in [3.05, 3.63) is 83.4 Å². The Morgan fingerprint density at radius 1 is 1.04 bits per heavy atom. The molecule has 0 unspecified atom stereocenters. The minimum atomic E-state index is -4.50. The molecule has 1 aliphatic heterocycles. The van der Waals surface area contributed by atoms with E-state index in [2.05, 4.69) is 15.5 Å². The van der Waals surface area contributed by atoms with Gasteiger partial charge >= 0.3 is 12.2 Å². The molecular weight excluding hydrogens is 665 g/mol. The SMILES string of the molecule is COc1ccc(CN(C)C[C@@H]2OCCCC[C@@H](C)Oc3ccc(NC(=O)Nc4ccc(C(F)(F)F)cc4)cc3C(=O)N([C@H](C)CO)C[C@H]2C)cc1. The minimum absolute atomic E-state index is 0.122. The predicted octanol–water partition coefficient (Wildman–Crippen LogP) is 7.29. The van der Waals surface area contributed by atoms with E-state index >= 15 is 0 Å².